The first-order valence-electron chi connectivity index (χ1n) is 8.71. The maximum atomic E-state index is 9.40. The van der Waals surface area contributed by atoms with E-state index >= 15 is 0 Å². The van der Waals surface area contributed by atoms with Crippen molar-refractivity contribution < 1.29 is 0 Å². The molecule has 0 aliphatic carbocycles. The highest BCUT2D eigenvalue weighted by atomic mass is 15.6. The van der Waals surface area contributed by atoms with Gasteiger partial charge in [0.15, 0.2) is 0 Å². The van der Waals surface area contributed by atoms with Gasteiger partial charge in [0, 0.05) is 30.1 Å². The number of pyridine rings is 1. The van der Waals surface area contributed by atoms with E-state index in [2.05, 4.69) is 39.3 Å². The van der Waals surface area contributed by atoms with Gasteiger partial charge in [-0.15, -0.1) is 0 Å². The number of fused-ring (bicyclic) bond motifs is 1. The molecule has 0 saturated carbocycles. The number of hydrogen-bond acceptors (Lipinski definition) is 4. The minimum Gasteiger partial charge on any atom is -0.305 e. The highest BCUT2D eigenvalue weighted by molar-refractivity contribution is 5.97. The lowest BCUT2D eigenvalue weighted by molar-refractivity contribution is 0.202. The number of hydrazine groups is 1. The Morgan fingerprint density at radius 2 is 1.72 bits per heavy atom. The van der Waals surface area contributed by atoms with Crippen LogP contribution in [0.15, 0.2) is 60.8 Å². The molecule has 2 aromatic carbocycles. The molecular weight excluding hydrogens is 308 g/mol. The number of rotatable bonds is 3. The van der Waals surface area contributed by atoms with Crippen LogP contribution in [0.25, 0.3) is 10.8 Å². The van der Waals surface area contributed by atoms with Crippen molar-refractivity contribution in [2.45, 2.75) is 19.4 Å². The normalized spacial score (nSPS) is 15.2. The molecule has 1 aromatic heterocycles. The van der Waals surface area contributed by atoms with Gasteiger partial charge in [-0.05, 0) is 37.1 Å². The summed E-state index contributed by atoms with van der Waals surface area (Å²) >= 11 is 0. The molecule has 4 nitrogen and oxygen atoms in total. The van der Waals surface area contributed by atoms with Crippen LogP contribution in [0.2, 0.25) is 0 Å². The Balaban J connectivity index is 1.74. The second-order valence-corrected chi connectivity index (χ2v) is 6.33. The van der Waals surface area contributed by atoms with Crippen LogP contribution in [-0.2, 0) is 6.54 Å². The lowest BCUT2D eigenvalue weighted by atomic mass is 10.0. The average Bonchev–Trinajstić information content (AvgIpc) is 2.68. The zero-order valence-corrected chi connectivity index (χ0v) is 14.1. The number of nitriles is 1. The van der Waals surface area contributed by atoms with Crippen molar-refractivity contribution in [3.05, 3.63) is 72.1 Å². The van der Waals surface area contributed by atoms with E-state index in [9.17, 15) is 5.26 Å². The van der Waals surface area contributed by atoms with Crippen molar-refractivity contribution in [2.75, 3.05) is 18.1 Å². The fourth-order valence-corrected chi connectivity index (χ4v) is 3.54. The van der Waals surface area contributed by atoms with Crippen molar-refractivity contribution in [3.63, 3.8) is 0 Å². The number of anilines is 1. The smallest absolute Gasteiger partial charge is 0.0998 e. The summed E-state index contributed by atoms with van der Waals surface area (Å²) in [5, 5.41) is 16.3. The quantitative estimate of drug-likeness (QED) is 0.725. The van der Waals surface area contributed by atoms with E-state index in [1.807, 2.05) is 42.6 Å². The van der Waals surface area contributed by atoms with Crippen molar-refractivity contribution in [2.24, 2.45) is 0 Å². The van der Waals surface area contributed by atoms with Gasteiger partial charge in [0.1, 0.15) is 0 Å². The summed E-state index contributed by atoms with van der Waals surface area (Å²) in [7, 11) is 0. The molecule has 0 bridgehead atoms. The zero-order chi connectivity index (χ0) is 17.1. The van der Waals surface area contributed by atoms with E-state index < -0.39 is 0 Å². The highest BCUT2D eigenvalue weighted by Crippen LogP contribution is 2.32. The van der Waals surface area contributed by atoms with Gasteiger partial charge in [0.05, 0.1) is 29.6 Å². The molecule has 1 aliphatic rings. The van der Waals surface area contributed by atoms with Crippen LogP contribution in [-0.4, -0.2) is 23.1 Å². The van der Waals surface area contributed by atoms with Gasteiger partial charge in [-0.25, -0.2) is 5.01 Å². The van der Waals surface area contributed by atoms with Gasteiger partial charge in [-0.1, -0.05) is 30.3 Å². The fraction of sp³-hybridized carbons (Fsp3) is 0.238. The van der Waals surface area contributed by atoms with Crippen LogP contribution in [0.5, 0.6) is 0 Å². The van der Waals surface area contributed by atoms with Crippen LogP contribution in [0.4, 0.5) is 5.69 Å². The second kappa shape index (κ2) is 6.92. The first-order valence-corrected chi connectivity index (χ1v) is 8.71. The molecule has 1 saturated heterocycles. The first-order chi connectivity index (χ1) is 12.4. The van der Waals surface area contributed by atoms with E-state index in [-0.39, 0.29) is 0 Å². The topological polar surface area (TPSA) is 43.2 Å². The minimum absolute atomic E-state index is 0.729. The molecule has 1 aliphatic heterocycles. The van der Waals surface area contributed by atoms with E-state index in [0.717, 1.165) is 41.7 Å². The summed E-state index contributed by atoms with van der Waals surface area (Å²) in [6, 6.07) is 20.6. The van der Waals surface area contributed by atoms with E-state index in [4.69, 9.17) is 0 Å². The maximum absolute atomic E-state index is 9.40. The first kappa shape index (κ1) is 15.6. The molecule has 0 spiro atoms. The third kappa shape index (κ3) is 3.07. The molecule has 25 heavy (non-hydrogen) atoms. The lowest BCUT2D eigenvalue weighted by Crippen LogP contribution is -2.47. The van der Waals surface area contributed by atoms with E-state index in [1.54, 1.807) is 0 Å². The lowest BCUT2D eigenvalue weighted by Gasteiger charge is -2.40. The SMILES string of the molecule is N#Cc1ccc(N2CCCCN2Cc2ccccn2)c2ccccc12. The van der Waals surface area contributed by atoms with Gasteiger partial charge < -0.3 is 5.01 Å². The Hall–Kier alpha value is -2.90. The Morgan fingerprint density at radius 3 is 2.52 bits per heavy atom. The Bertz CT molecular complexity index is 914. The molecule has 2 heterocycles. The average molecular weight is 328 g/mol. The van der Waals surface area contributed by atoms with E-state index in [0.29, 0.717) is 0 Å². The number of benzene rings is 2. The van der Waals surface area contributed by atoms with Crippen molar-refractivity contribution in [1.29, 1.82) is 5.26 Å². The predicted molar refractivity (Wildman–Crippen MR) is 99.9 cm³/mol. The van der Waals surface area contributed by atoms with Crippen molar-refractivity contribution >= 4 is 16.5 Å². The van der Waals surface area contributed by atoms with Crippen molar-refractivity contribution in [1.82, 2.24) is 9.99 Å². The van der Waals surface area contributed by atoms with Crippen molar-refractivity contribution in [3.8, 4) is 6.07 Å². The number of nitrogens with zero attached hydrogens (tertiary/aromatic N) is 4. The third-order valence-corrected chi connectivity index (χ3v) is 4.75. The standard InChI is InChI=1S/C21H20N4/c22-15-17-10-11-21(20-9-2-1-8-19(17)20)25-14-6-5-13-24(25)16-18-7-3-4-12-23-18/h1-4,7-12H,5-6,13-14,16H2. The monoisotopic (exact) mass is 328 g/mol. The van der Waals surface area contributed by atoms with Crippen LogP contribution in [0.3, 0.4) is 0 Å². The minimum atomic E-state index is 0.729. The molecule has 0 N–H and O–H groups in total. The van der Waals surface area contributed by atoms with E-state index in [1.165, 1.54) is 18.5 Å². The Labute approximate surface area is 147 Å². The van der Waals surface area contributed by atoms with Crippen LogP contribution >= 0.6 is 0 Å². The molecule has 0 radical (unpaired) electrons. The molecule has 1 fully saturated rings. The fourth-order valence-electron chi connectivity index (χ4n) is 3.54. The molecule has 4 heteroatoms. The van der Waals surface area contributed by atoms with Gasteiger partial charge in [0.2, 0.25) is 0 Å². The summed E-state index contributed by atoms with van der Waals surface area (Å²) in [6.07, 6.45) is 4.21. The van der Waals surface area contributed by atoms with Gasteiger partial charge in [0.25, 0.3) is 0 Å². The number of hydrogen-bond donors (Lipinski definition) is 0. The molecule has 3 aromatic rings. The van der Waals surface area contributed by atoms with Crippen LogP contribution < -0.4 is 5.01 Å². The van der Waals surface area contributed by atoms with Crippen LogP contribution in [0.1, 0.15) is 24.1 Å². The maximum Gasteiger partial charge on any atom is 0.0998 e. The second-order valence-electron chi connectivity index (χ2n) is 6.33. The molecule has 124 valence electrons. The molecule has 4 rings (SSSR count). The Kier molecular flexibility index (Phi) is 4.32. The molecule has 0 amide bonds. The molecular formula is C21H20N4. The zero-order valence-electron chi connectivity index (χ0n) is 14.1. The van der Waals surface area contributed by atoms with Crippen LogP contribution in [0, 0.1) is 11.3 Å². The van der Waals surface area contributed by atoms with Gasteiger partial charge in [-0.3, -0.25) is 4.98 Å². The number of aromatic nitrogens is 1. The molecule has 0 unspecified atom stereocenters. The summed E-state index contributed by atoms with van der Waals surface area (Å²) in [6.45, 7) is 2.81. The Morgan fingerprint density at radius 1 is 0.920 bits per heavy atom. The summed E-state index contributed by atoms with van der Waals surface area (Å²) in [5.74, 6) is 0. The third-order valence-electron chi connectivity index (χ3n) is 4.75. The largest absolute Gasteiger partial charge is 0.305 e. The summed E-state index contributed by atoms with van der Waals surface area (Å²) in [5.41, 5.74) is 2.98. The molecule has 0 atom stereocenters. The van der Waals surface area contributed by atoms with Gasteiger partial charge in [-0.2, -0.15) is 5.26 Å². The van der Waals surface area contributed by atoms with Gasteiger partial charge >= 0.3 is 0 Å². The summed E-state index contributed by atoms with van der Waals surface area (Å²) < 4.78 is 0. The predicted octanol–water partition coefficient (Wildman–Crippen LogP) is 4.12. The summed E-state index contributed by atoms with van der Waals surface area (Å²) in [4.78, 5) is 4.48. The highest BCUT2D eigenvalue weighted by Gasteiger charge is 2.22.